The molecule has 5 nitrogen and oxygen atoms in total. The van der Waals surface area contributed by atoms with E-state index < -0.39 is 17.7 Å². The summed E-state index contributed by atoms with van der Waals surface area (Å²) in [5.74, 6) is -0.673. The average Bonchev–Trinajstić information content (AvgIpc) is 3.12. The molecule has 3 rings (SSSR count). The molecule has 0 radical (unpaired) electrons. The number of amides is 1. The van der Waals surface area contributed by atoms with Crippen LogP contribution in [0.4, 0.5) is 4.39 Å². The summed E-state index contributed by atoms with van der Waals surface area (Å²) in [6.07, 6.45) is 0.597. The van der Waals surface area contributed by atoms with Gasteiger partial charge in [0.25, 0.3) is 5.91 Å². The molecule has 0 aliphatic heterocycles. The van der Waals surface area contributed by atoms with E-state index in [4.69, 9.17) is 9.47 Å². The summed E-state index contributed by atoms with van der Waals surface area (Å²) < 4.78 is 24.6. The number of ether oxygens (including phenoxy) is 2. The van der Waals surface area contributed by atoms with E-state index >= 15 is 0 Å². The van der Waals surface area contributed by atoms with Crippen LogP contribution in [-0.4, -0.2) is 32.1 Å². The third-order valence-electron chi connectivity index (χ3n) is 3.95. The van der Waals surface area contributed by atoms with Crippen LogP contribution in [0, 0.1) is 5.82 Å². The SMILES string of the molecule is COc1ccccc1CCNC(=O)COC(=O)c1cc2c(F)cccc2s1. The van der Waals surface area contributed by atoms with E-state index in [0.717, 1.165) is 22.6 Å². The Morgan fingerprint density at radius 2 is 1.96 bits per heavy atom. The number of hydrogen-bond acceptors (Lipinski definition) is 5. The maximum absolute atomic E-state index is 13.7. The molecule has 0 spiro atoms. The van der Waals surface area contributed by atoms with Gasteiger partial charge in [-0.05, 0) is 36.2 Å². The molecule has 0 aliphatic rings. The maximum Gasteiger partial charge on any atom is 0.348 e. The minimum atomic E-state index is -0.643. The van der Waals surface area contributed by atoms with E-state index in [1.165, 1.54) is 12.1 Å². The van der Waals surface area contributed by atoms with Crippen LogP contribution < -0.4 is 10.1 Å². The molecule has 1 heterocycles. The third-order valence-corrected chi connectivity index (χ3v) is 5.03. The second-order valence-corrected chi connectivity index (χ2v) is 6.83. The summed E-state index contributed by atoms with van der Waals surface area (Å²) in [6.45, 7) is 0.00629. The number of rotatable bonds is 7. The fourth-order valence-electron chi connectivity index (χ4n) is 2.63. The Bertz CT molecular complexity index is 970. The molecule has 0 saturated heterocycles. The molecule has 0 unspecified atom stereocenters. The first kappa shape index (κ1) is 18.8. The number of esters is 1. The Hall–Kier alpha value is -2.93. The molecule has 140 valence electrons. The molecule has 0 saturated carbocycles. The van der Waals surface area contributed by atoms with Crippen LogP contribution >= 0.6 is 11.3 Å². The molecule has 0 bridgehead atoms. The second kappa shape index (κ2) is 8.64. The minimum Gasteiger partial charge on any atom is -0.496 e. The molecule has 1 N–H and O–H groups in total. The number of methoxy groups -OCH3 is 1. The first-order chi connectivity index (χ1) is 13.1. The minimum absolute atomic E-state index is 0.261. The predicted molar refractivity (Wildman–Crippen MR) is 102 cm³/mol. The van der Waals surface area contributed by atoms with Crippen LogP contribution in [0.3, 0.4) is 0 Å². The molecule has 3 aromatic rings. The van der Waals surface area contributed by atoms with Crippen LogP contribution in [0.1, 0.15) is 15.2 Å². The fraction of sp³-hybridized carbons (Fsp3) is 0.200. The molecule has 1 aromatic heterocycles. The van der Waals surface area contributed by atoms with Gasteiger partial charge in [0.05, 0.1) is 7.11 Å². The zero-order chi connectivity index (χ0) is 19.2. The Labute approximate surface area is 159 Å². The molecule has 0 fully saturated rings. The zero-order valence-electron chi connectivity index (χ0n) is 14.7. The lowest BCUT2D eigenvalue weighted by Gasteiger charge is -2.09. The van der Waals surface area contributed by atoms with E-state index in [1.807, 2.05) is 24.3 Å². The molecule has 0 aliphatic carbocycles. The molecule has 2 aromatic carbocycles. The number of fused-ring (bicyclic) bond motifs is 1. The Kier molecular flexibility index (Phi) is 6.03. The van der Waals surface area contributed by atoms with E-state index in [1.54, 1.807) is 19.2 Å². The van der Waals surface area contributed by atoms with Gasteiger partial charge in [-0.25, -0.2) is 9.18 Å². The molecule has 1 amide bonds. The maximum atomic E-state index is 13.7. The van der Waals surface area contributed by atoms with Crippen LogP contribution in [0.25, 0.3) is 10.1 Å². The highest BCUT2D eigenvalue weighted by atomic mass is 32.1. The average molecular weight is 387 g/mol. The van der Waals surface area contributed by atoms with Crippen molar-refractivity contribution in [2.45, 2.75) is 6.42 Å². The van der Waals surface area contributed by atoms with Gasteiger partial charge in [-0.3, -0.25) is 4.79 Å². The number of carbonyl (C=O) groups is 2. The first-order valence-corrected chi connectivity index (χ1v) is 9.14. The number of halogens is 1. The van der Waals surface area contributed by atoms with Gasteiger partial charge in [0.1, 0.15) is 16.4 Å². The highest BCUT2D eigenvalue weighted by Gasteiger charge is 2.15. The van der Waals surface area contributed by atoms with Gasteiger partial charge < -0.3 is 14.8 Å². The molecular weight excluding hydrogens is 369 g/mol. The van der Waals surface area contributed by atoms with Gasteiger partial charge in [0.2, 0.25) is 0 Å². The summed E-state index contributed by atoms with van der Waals surface area (Å²) in [5, 5.41) is 3.07. The van der Waals surface area contributed by atoms with E-state index in [0.29, 0.717) is 23.1 Å². The van der Waals surface area contributed by atoms with Crippen molar-refractivity contribution in [3.63, 3.8) is 0 Å². The second-order valence-electron chi connectivity index (χ2n) is 5.75. The Morgan fingerprint density at radius 1 is 1.15 bits per heavy atom. The number of hydrogen-bond donors (Lipinski definition) is 1. The zero-order valence-corrected chi connectivity index (χ0v) is 15.5. The highest BCUT2D eigenvalue weighted by Crippen LogP contribution is 2.28. The number of carbonyl (C=O) groups excluding carboxylic acids is 2. The van der Waals surface area contributed by atoms with Crippen LogP contribution in [-0.2, 0) is 16.0 Å². The summed E-state index contributed by atoms with van der Waals surface area (Å²) in [5.41, 5.74) is 0.976. The van der Waals surface area contributed by atoms with Crippen LogP contribution in [0.15, 0.2) is 48.5 Å². The van der Waals surface area contributed by atoms with Crippen molar-refractivity contribution < 1.29 is 23.5 Å². The lowest BCUT2D eigenvalue weighted by Crippen LogP contribution is -2.30. The van der Waals surface area contributed by atoms with Crippen LogP contribution in [0.2, 0.25) is 0 Å². The van der Waals surface area contributed by atoms with Gasteiger partial charge in [0.15, 0.2) is 6.61 Å². The first-order valence-electron chi connectivity index (χ1n) is 8.32. The van der Waals surface area contributed by atoms with Crippen molar-refractivity contribution in [1.82, 2.24) is 5.32 Å². The number of para-hydroxylation sites is 1. The lowest BCUT2D eigenvalue weighted by molar-refractivity contribution is -0.124. The summed E-state index contributed by atoms with van der Waals surface area (Å²) >= 11 is 1.13. The van der Waals surface area contributed by atoms with Crippen molar-refractivity contribution in [3.05, 3.63) is 64.8 Å². The van der Waals surface area contributed by atoms with E-state index in [9.17, 15) is 14.0 Å². The van der Waals surface area contributed by atoms with Gasteiger partial charge in [0, 0.05) is 16.6 Å². The summed E-state index contributed by atoms with van der Waals surface area (Å²) in [7, 11) is 1.59. The number of nitrogens with one attached hydrogen (secondary N) is 1. The lowest BCUT2D eigenvalue weighted by atomic mass is 10.1. The largest absolute Gasteiger partial charge is 0.496 e. The quantitative estimate of drug-likeness (QED) is 0.630. The molecule has 27 heavy (non-hydrogen) atoms. The Balaban J connectivity index is 1.48. The van der Waals surface area contributed by atoms with Crippen molar-refractivity contribution in [1.29, 1.82) is 0 Å². The molecular formula is C20H18FNO4S. The fourth-order valence-corrected chi connectivity index (χ4v) is 3.59. The smallest absolute Gasteiger partial charge is 0.348 e. The third kappa shape index (κ3) is 4.62. The standard InChI is InChI=1S/C20H18FNO4S/c1-25-16-7-3-2-5-13(16)9-10-22-19(23)12-26-20(24)18-11-14-15(21)6-4-8-17(14)27-18/h2-8,11H,9-10,12H2,1H3,(H,22,23). The number of benzene rings is 2. The summed E-state index contributed by atoms with van der Waals surface area (Å²) in [4.78, 5) is 24.2. The molecule has 7 heteroatoms. The van der Waals surface area contributed by atoms with Crippen molar-refractivity contribution in [2.75, 3.05) is 20.3 Å². The van der Waals surface area contributed by atoms with Crippen molar-refractivity contribution in [2.24, 2.45) is 0 Å². The summed E-state index contributed by atoms with van der Waals surface area (Å²) in [6, 6.07) is 13.6. The number of thiophene rings is 1. The van der Waals surface area contributed by atoms with E-state index in [-0.39, 0.29) is 11.5 Å². The van der Waals surface area contributed by atoms with E-state index in [2.05, 4.69) is 5.32 Å². The van der Waals surface area contributed by atoms with Gasteiger partial charge in [-0.1, -0.05) is 24.3 Å². The topological polar surface area (TPSA) is 64.6 Å². The monoisotopic (exact) mass is 387 g/mol. The normalized spacial score (nSPS) is 10.6. The van der Waals surface area contributed by atoms with Crippen molar-refractivity contribution >= 4 is 33.3 Å². The van der Waals surface area contributed by atoms with Gasteiger partial charge in [-0.2, -0.15) is 0 Å². The molecule has 0 atom stereocenters. The van der Waals surface area contributed by atoms with Crippen LogP contribution in [0.5, 0.6) is 5.75 Å². The van der Waals surface area contributed by atoms with Gasteiger partial charge >= 0.3 is 5.97 Å². The predicted octanol–water partition coefficient (Wildman–Crippen LogP) is 3.56. The highest BCUT2D eigenvalue weighted by molar-refractivity contribution is 7.20. The van der Waals surface area contributed by atoms with Crippen molar-refractivity contribution in [3.8, 4) is 5.75 Å². The Morgan fingerprint density at radius 3 is 2.74 bits per heavy atom. The van der Waals surface area contributed by atoms with Gasteiger partial charge in [-0.15, -0.1) is 11.3 Å².